The van der Waals surface area contributed by atoms with Crippen LogP contribution >= 0.6 is 0 Å². The Morgan fingerprint density at radius 2 is 2.07 bits per heavy atom. The minimum Gasteiger partial charge on any atom is -0.490 e. The zero-order valence-electron chi connectivity index (χ0n) is 17.2. The number of carbonyl (C=O) groups is 2. The first-order valence-corrected chi connectivity index (χ1v) is 10.5. The van der Waals surface area contributed by atoms with Gasteiger partial charge in [-0.15, -0.1) is 0 Å². The molecule has 0 saturated heterocycles. The van der Waals surface area contributed by atoms with Crippen LogP contribution in [0.4, 0.5) is 5.69 Å². The van der Waals surface area contributed by atoms with Crippen LogP contribution in [0.25, 0.3) is 0 Å². The molecule has 1 fully saturated rings. The van der Waals surface area contributed by atoms with E-state index in [9.17, 15) is 9.59 Å². The molecule has 2 amide bonds. The molecule has 3 heterocycles. The summed E-state index contributed by atoms with van der Waals surface area (Å²) in [6.07, 6.45) is 5.32. The summed E-state index contributed by atoms with van der Waals surface area (Å²) in [6, 6.07) is 7.51. The number of hydrogen-bond acceptors (Lipinski definition) is 5. The smallest absolute Gasteiger partial charge is 0.261 e. The third-order valence-corrected chi connectivity index (χ3v) is 6.24. The second kappa shape index (κ2) is 7.31. The van der Waals surface area contributed by atoms with E-state index in [1.54, 1.807) is 6.07 Å². The predicted molar refractivity (Wildman–Crippen MR) is 111 cm³/mol. The van der Waals surface area contributed by atoms with Crippen LogP contribution in [0, 0.1) is 0 Å². The van der Waals surface area contributed by atoms with Crippen LogP contribution in [-0.4, -0.2) is 41.0 Å². The lowest BCUT2D eigenvalue weighted by atomic mass is 10.1. The van der Waals surface area contributed by atoms with Crippen LogP contribution in [0.1, 0.15) is 64.6 Å². The fourth-order valence-electron chi connectivity index (χ4n) is 4.75. The van der Waals surface area contributed by atoms with Gasteiger partial charge in [-0.25, -0.2) is 4.98 Å². The van der Waals surface area contributed by atoms with Gasteiger partial charge in [-0.3, -0.25) is 9.59 Å². The summed E-state index contributed by atoms with van der Waals surface area (Å²) in [5, 5.41) is 2.91. The van der Waals surface area contributed by atoms with Gasteiger partial charge in [0.2, 0.25) is 5.88 Å². The van der Waals surface area contributed by atoms with Crippen molar-refractivity contribution in [3.63, 3.8) is 0 Å². The number of amides is 2. The van der Waals surface area contributed by atoms with Gasteiger partial charge in [0.1, 0.15) is 17.4 Å². The fraction of sp³-hybridized carbons (Fsp3) is 0.435. The normalized spacial score (nSPS) is 20.1. The summed E-state index contributed by atoms with van der Waals surface area (Å²) >= 11 is 0. The largest absolute Gasteiger partial charge is 0.490 e. The van der Waals surface area contributed by atoms with E-state index in [-0.39, 0.29) is 35.4 Å². The molecule has 0 radical (unpaired) electrons. The molecular weight excluding hydrogens is 382 g/mol. The molecule has 0 spiro atoms. The number of hydrogen-bond donors (Lipinski definition) is 1. The van der Waals surface area contributed by atoms with Crippen molar-refractivity contribution in [3.8, 4) is 11.6 Å². The van der Waals surface area contributed by atoms with Crippen LogP contribution in [0.15, 0.2) is 24.3 Å². The van der Waals surface area contributed by atoms with E-state index in [1.165, 1.54) is 7.11 Å². The van der Waals surface area contributed by atoms with Gasteiger partial charge in [-0.05, 0) is 49.6 Å². The number of ether oxygens (including phenoxy) is 2. The van der Waals surface area contributed by atoms with E-state index >= 15 is 0 Å². The fourth-order valence-corrected chi connectivity index (χ4v) is 4.75. The van der Waals surface area contributed by atoms with Gasteiger partial charge in [-0.1, -0.05) is 12.8 Å². The number of benzene rings is 1. The van der Waals surface area contributed by atoms with Crippen LogP contribution in [0.2, 0.25) is 0 Å². The number of nitrogens with one attached hydrogen (secondary N) is 1. The van der Waals surface area contributed by atoms with E-state index in [0.717, 1.165) is 43.4 Å². The van der Waals surface area contributed by atoms with E-state index in [0.29, 0.717) is 23.5 Å². The lowest BCUT2D eigenvalue weighted by Crippen LogP contribution is -2.33. The van der Waals surface area contributed by atoms with E-state index in [1.807, 2.05) is 30.0 Å². The maximum absolute atomic E-state index is 13.0. The zero-order valence-corrected chi connectivity index (χ0v) is 17.2. The van der Waals surface area contributed by atoms with Gasteiger partial charge in [-0.2, -0.15) is 0 Å². The molecule has 1 aromatic heterocycles. The summed E-state index contributed by atoms with van der Waals surface area (Å²) < 4.78 is 11.1. The lowest BCUT2D eigenvalue weighted by molar-refractivity contribution is 0.0706. The third kappa shape index (κ3) is 3.18. The van der Waals surface area contributed by atoms with Crippen LogP contribution < -0.4 is 14.8 Å². The van der Waals surface area contributed by atoms with Crippen molar-refractivity contribution in [1.29, 1.82) is 0 Å². The minimum atomic E-state index is -0.346. The average molecular weight is 407 g/mol. The first kappa shape index (κ1) is 18.9. The highest BCUT2D eigenvalue weighted by molar-refractivity contribution is 6.08. The lowest BCUT2D eigenvalue weighted by Gasteiger charge is -2.22. The minimum absolute atomic E-state index is 0.0372. The number of rotatable bonds is 4. The third-order valence-electron chi connectivity index (χ3n) is 6.24. The number of nitrogens with zero attached hydrogens (tertiary/aromatic N) is 2. The Morgan fingerprint density at radius 1 is 1.27 bits per heavy atom. The van der Waals surface area contributed by atoms with Gasteiger partial charge < -0.3 is 19.7 Å². The summed E-state index contributed by atoms with van der Waals surface area (Å²) in [5.41, 5.74) is 3.20. The molecule has 1 saturated carbocycles. The maximum atomic E-state index is 13.0. The highest BCUT2D eigenvalue weighted by Crippen LogP contribution is 2.34. The average Bonchev–Trinajstić information content (AvgIpc) is 3.45. The highest BCUT2D eigenvalue weighted by atomic mass is 16.5. The number of aromatic nitrogens is 1. The van der Waals surface area contributed by atoms with Gasteiger partial charge in [0.25, 0.3) is 11.8 Å². The van der Waals surface area contributed by atoms with Crippen molar-refractivity contribution < 1.29 is 19.1 Å². The summed E-state index contributed by atoms with van der Waals surface area (Å²) in [4.78, 5) is 32.4. The summed E-state index contributed by atoms with van der Waals surface area (Å²) in [6.45, 7) is 2.51. The predicted octanol–water partition coefficient (Wildman–Crippen LogP) is 3.56. The van der Waals surface area contributed by atoms with Crippen LogP contribution in [0.5, 0.6) is 11.6 Å². The molecule has 3 aliphatic rings. The molecule has 156 valence electrons. The molecule has 7 heteroatoms. The molecule has 1 N–H and O–H groups in total. The van der Waals surface area contributed by atoms with Crippen molar-refractivity contribution in [2.75, 3.05) is 12.4 Å². The molecule has 30 heavy (non-hydrogen) atoms. The van der Waals surface area contributed by atoms with Crippen molar-refractivity contribution >= 4 is 17.5 Å². The van der Waals surface area contributed by atoms with Crippen molar-refractivity contribution in [1.82, 2.24) is 9.88 Å². The Morgan fingerprint density at radius 3 is 2.83 bits per heavy atom. The van der Waals surface area contributed by atoms with Gasteiger partial charge >= 0.3 is 0 Å². The number of anilines is 1. The molecule has 0 bridgehead atoms. The SMILES string of the molecule is COc1nc2c(cc1C(=O)Nc1ccc3c(c1)CC(C)O3)C(=O)N(C1CCCC1)C2. The molecule has 1 aromatic carbocycles. The number of carbonyl (C=O) groups excluding carboxylic acids is 2. The van der Waals surface area contributed by atoms with Crippen molar-refractivity contribution in [2.45, 2.75) is 57.7 Å². The summed E-state index contributed by atoms with van der Waals surface area (Å²) in [7, 11) is 1.49. The topological polar surface area (TPSA) is 80.8 Å². The molecule has 5 rings (SSSR count). The molecule has 1 aliphatic carbocycles. The quantitative estimate of drug-likeness (QED) is 0.838. The van der Waals surface area contributed by atoms with Crippen LogP contribution in [0.3, 0.4) is 0 Å². The molecule has 7 nitrogen and oxygen atoms in total. The number of fused-ring (bicyclic) bond motifs is 2. The molecule has 2 aliphatic heterocycles. The Kier molecular flexibility index (Phi) is 4.60. The molecular formula is C23H25N3O4. The molecule has 1 unspecified atom stereocenters. The van der Waals surface area contributed by atoms with E-state index in [2.05, 4.69) is 10.3 Å². The first-order valence-electron chi connectivity index (χ1n) is 10.5. The van der Waals surface area contributed by atoms with Gasteiger partial charge in [0.05, 0.1) is 24.9 Å². The molecule has 1 atom stereocenters. The van der Waals surface area contributed by atoms with E-state index < -0.39 is 0 Å². The summed E-state index contributed by atoms with van der Waals surface area (Å²) in [5.74, 6) is 0.714. The Labute approximate surface area is 175 Å². The second-order valence-corrected chi connectivity index (χ2v) is 8.32. The van der Waals surface area contributed by atoms with E-state index in [4.69, 9.17) is 9.47 Å². The Bertz CT molecular complexity index is 1030. The second-order valence-electron chi connectivity index (χ2n) is 8.32. The standard InChI is InChI=1S/C23H25N3O4/c1-13-9-14-10-15(7-8-20(14)30-13)24-21(27)18-11-17-19(25-22(18)29-2)12-26(23(17)28)16-5-3-4-6-16/h7-8,10-11,13,16H,3-6,9,12H2,1-2H3,(H,24,27). The zero-order chi connectivity index (χ0) is 20.8. The highest BCUT2D eigenvalue weighted by Gasteiger charge is 2.36. The molecule has 2 aromatic rings. The van der Waals surface area contributed by atoms with Crippen molar-refractivity contribution in [3.05, 3.63) is 46.6 Å². The first-order chi connectivity index (χ1) is 14.5. The monoisotopic (exact) mass is 407 g/mol. The number of pyridine rings is 1. The Hall–Kier alpha value is -3.09. The van der Waals surface area contributed by atoms with Crippen LogP contribution in [-0.2, 0) is 13.0 Å². The van der Waals surface area contributed by atoms with Gasteiger partial charge in [0.15, 0.2) is 0 Å². The maximum Gasteiger partial charge on any atom is 0.261 e. The Balaban J connectivity index is 1.40. The van der Waals surface area contributed by atoms with Gasteiger partial charge in [0, 0.05) is 18.2 Å². The van der Waals surface area contributed by atoms with Crippen molar-refractivity contribution in [2.24, 2.45) is 0 Å². The number of methoxy groups -OCH3 is 1.